The number of fused-ring (bicyclic) bond motifs is 1. The highest BCUT2D eigenvalue weighted by Gasteiger charge is 2.39. The number of alkyl halides is 3. The summed E-state index contributed by atoms with van der Waals surface area (Å²) in [5, 5.41) is 1.59. The molecule has 0 atom stereocenters. The van der Waals surface area contributed by atoms with Crippen LogP contribution in [0.2, 0.25) is 0 Å². The Hall–Kier alpha value is -1.64. The largest absolute Gasteiger partial charge is 0.471 e. The molecule has 9 heteroatoms. The van der Waals surface area contributed by atoms with Crippen molar-refractivity contribution in [3.05, 3.63) is 28.7 Å². The number of hydrogen-bond donors (Lipinski definition) is 1. The Kier molecular flexibility index (Phi) is 3.01. The maximum absolute atomic E-state index is 12.9. The van der Waals surface area contributed by atoms with Gasteiger partial charge in [0.2, 0.25) is 0 Å². The van der Waals surface area contributed by atoms with Crippen LogP contribution in [-0.2, 0) is 4.79 Å². The van der Waals surface area contributed by atoms with Gasteiger partial charge in [0.1, 0.15) is 16.1 Å². The summed E-state index contributed by atoms with van der Waals surface area (Å²) in [5.74, 6) is -3.07. The Balaban J connectivity index is 2.41. The summed E-state index contributed by atoms with van der Waals surface area (Å²) in [6, 6.07) is 2.37. The summed E-state index contributed by atoms with van der Waals surface area (Å²) >= 11 is 2.93. The molecule has 0 saturated carbocycles. The molecular formula is C9H4BrF4N3O. The molecule has 0 spiro atoms. The predicted octanol–water partition coefficient (Wildman–Crippen LogP) is 2.74. The number of anilines is 1. The van der Waals surface area contributed by atoms with Gasteiger partial charge in [0.15, 0.2) is 5.82 Å². The lowest BCUT2D eigenvalue weighted by Gasteiger charge is -2.05. The van der Waals surface area contributed by atoms with Crippen LogP contribution in [0.4, 0.5) is 23.4 Å². The molecule has 1 N–H and O–H groups in total. The highest BCUT2D eigenvalue weighted by Crippen LogP contribution is 2.26. The van der Waals surface area contributed by atoms with Crippen molar-refractivity contribution in [1.82, 2.24) is 9.38 Å². The Bertz CT molecular complexity index is 622. The van der Waals surface area contributed by atoms with Crippen molar-refractivity contribution in [3.63, 3.8) is 0 Å². The third-order valence-corrected chi connectivity index (χ3v) is 2.77. The van der Waals surface area contributed by atoms with E-state index in [1.807, 2.05) is 0 Å². The van der Waals surface area contributed by atoms with E-state index >= 15 is 0 Å². The number of imidazole rings is 1. The minimum absolute atomic E-state index is 0.0228. The number of carbonyl (C=O) groups excluding carboxylic acids is 1. The predicted molar refractivity (Wildman–Crippen MR) is 57.5 cm³/mol. The minimum atomic E-state index is -5.01. The van der Waals surface area contributed by atoms with Crippen molar-refractivity contribution >= 4 is 33.3 Å². The van der Waals surface area contributed by atoms with E-state index in [0.29, 0.717) is 0 Å². The summed E-state index contributed by atoms with van der Waals surface area (Å²) in [6.07, 6.45) is -3.99. The molecule has 0 aliphatic rings. The zero-order valence-corrected chi connectivity index (χ0v) is 10.0. The first-order chi connectivity index (χ1) is 8.29. The highest BCUT2D eigenvalue weighted by molar-refractivity contribution is 9.10. The van der Waals surface area contributed by atoms with Gasteiger partial charge in [-0.2, -0.15) is 13.2 Å². The quantitative estimate of drug-likeness (QED) is 0.819. The van der Waals surface area contributed by atoms with Gasteiger partial charge in [-0.1, -0.05) is 0 Å². The zero-order chi connectivity index (χ0) is 13.5. The molecule has 1 amide bonds. The first-order valence-corrected chi connectivity index (χ1v) is 5.29. The first-order valence-electron chi connectivity index (χ1n) is 4.50. The average Bonchev–Trinajstić information content (AvgIpc) is 2.55. The van der Waals surface area contributed by atoms with E-state index in [1.54, 1.807) is 5.32 Å². The SMILES string of the molecule is O=C(Nc1nc2ccc(F)cn2c1Br)C(F)(F)F. The van der Waals surface area contributed by atoms with Crippen LogP contribution in [0.15, 0.2) is 22.9 Å². The summed E-state index contributed by atoms with van der Waals surface area (Å²) in [6.45, 7) is 0. The summed E-state index contributed by atoms with van der Waals surface area (Å²) in [5.41, 5.74) is 0.195. The van der Waals surface area contributed by atoms with Crippen molar-refractivity contribution in [2.24, 2.45) is 0 Å². The first kappa shape index (κ1) is 12.8. The number of carbonyl (C=O) groups is 1. The summed E-state index contributed by atoms with van der Waals surface area (Å²) < 4.78 is 50.3. The number of nitrogens with zero attached hydrogens (tertiary/aromatic N) is 2. The van der Waals surface area contributed by atoms with E-state index in [9.17, 15) is 22.4 Å². The second-order valence-corrected chi connectivity index (χ2v) is 4.03. The molecule has 0 saturated heterocycles. The van der Waals surface area contributed by atoms with Crippen molar-refractivity contribution in [3.8, 4) is 0 Å². The Morgan fingerprint density at radius 1 is 1.39 bits per heavy atom. The van der Waals surface area contributed by atoms with E-state index < -0.39 is 17.9 Å². The standard InChI is InChI=1S/C9H4BrF4N3O/c10-6-7(16-8(18)9(12,13)14)15-5-2-1-4(11)3-17(5)6/h1-3H,(H,16,18). The minimum Gasteiger partial charge on any atom is -0.301 e. The van der Waals surface area contributed by atoms with Gasteiger partial charge in [-0.15, -0.1) is 0 Å². The van der Waals surface area contributed by atoms with Crippen LogP contribution in [0.3, 0.4) is 0 Å². The Morgan fingerprint density at radius 3 is 2.67 bits per heavy atom. The topological polar surface area (TPSA) is 46.4 Å². The number of nitrogens with one attached hydrogen (secondary N) is 1. The molecule has 2 aromatic heterocycles. The molecule has 0 aliphatic heterocycles. The van der Waals surface area contributed by atoms with E-state index in [4.69, 9.17) is 0 Å². The van der Waals surface area contributed by atoms with Gasteiger partial charge in [0.25, 0.3) is 0 Å². The second-order valence-electron chi connectivity index (χ2n) is 3.28. The van der Waals surface area contributed by atoms with E-state index in [1.165, 1.54) is 10.5 Å². The van der Waals surface area contributed by atoms with Crippen LogP contribution in [0.25, 0.3) is 5.65 Å². The fraction of sp³-hybridized carbons (Fsp3) is 0.111. The van der Waals surface area contributed by atoms with Gasteiger partial charge in [-0.25, -0.2) is 9.37 Å². The third kappa shape index (κ3) is 2.30. The molecule has 96 valence electrons. The van der Waals surface area contributed by atoms with Gasteiger partial charge >= 0.3 is 12.1 Å². The Labute approximate surface area is 106 Å². The maximum Gasteiger partial charge on any atom is 0.471 e. The molecule has 0 unspecified atom stereocenters. The van der Waals surface area contributed by atoms with Gasteiger partial charge in [0, 0.05) is 6.20 Å². The average molecular weight is 326 g/mol. The smallest absolute Gasteiger partial charge is 0.301 e. The molecule has 4 nitrogen and oxygen atoms in total. The lowest BCUT2D eigenvalue weighted by Crippen LogP contribution is -2.30. The second kappa shape index (κ2) is 4.23. The molecule has 2 aromatic rings. The summed E-state index contributed by atoms with van der Waals surface area (Å²) in [7, 11) is 0. The van der Waals surface area contributed by atoms with Crippen LogP contribution in [0, 0.1) is 5.82 Å². The molecule has 2 rings (SSSR count). The number of pyridine rings is 1. The number of hydrogen-bond acceptors (Lipinski definition) is 2. The molecule has 0 bridgehead atoms. The fourth-order valence-corrected chi connectivity index (χ4v) is 1.72. The van der Waals surface area contributed by atoms with Crippen LogP contribution in [-0.4, -0.2) is 21.5 Å². The highest BCUT2D eigenvalue weighted by atomic mass is 79.9. The molecule has 0 aromatic carbocycles. The van der Waals surface area contributed by atoms with Crippen LogP contribution in [0.1, 0.15) is 0 Å². The van der Waals surface area contributed by atoms with Gasteiger partial charge in [-0.3, -0.25) is 9.20 Å². The van der Waals surface area contributed by atoms with E-state index in [-0.39, 0.29) is 16.1 Å². The zero-order valence-electron chi connectivity index (χ0n) is 8.42. The van der Waals surface area contributed by atoms with E-state index in [2.05, 4.69) is 20.9 Å². The number of rotatable bonds is 1. The fourth-order valence-electron chi connectivity index (χ4n) is 1.25. The van der Waals surface area contributed by atoms with Gasteiger partial charge < -0.3 is 5.32 Å². The Morgan fingerprint density at radius 2 is 2.06 bits per heavy atom. The van der Waals surface area contributed by atoms with Crippen molar-refractivity contribution < 1.29 is 22.4 Å². The van der Waals surface area contributed by atoms with Crippen molar-refractivity contribution in [1.29, 1.82) is 0 Å². The lowest BCUT2D eigenvalue weighted by molar-refractivity contribution is -0.167. The maximum atomic E-state index is 12.9. The molecule has 2 heterocycles. The number of amides is 1. The van der Waals surface area contributed by atoms with Crippen LogP contribution in [0.5, 0.6) is 0 Å². The van der Waals surface area contributed by atoms with Gasteiger partial charge in [-0.05, 0) is 28.1 Å². The molecule has 0 aliphatic carbocycles. The summed E-state index contributed by atoms with van der Waals surface area (Å²) in [4.78, 5) is 14.5. The molecular weight excluding hydrogens is 322 g/mol. The van der Waals surface area contributed by atoms with Crippen molar-refractivity contribution in [2.75, 3.05) is 5.32 Å². The normalized spacial score (nSPS) is 11.8. The monoisotopic (exact) mass is 325 g/mol. The van der Waals surface area contributed by atoms with E-state index in [0.717, 1.165) is 12.3 Å². The van der Waals surface area contributed by atoms with Crippen LogP contribution >= 0.6 is 15.9 Å². The molecule has 0 radical (unpaired) electrons. The van der Waals surface area contributed by atoms with Gasteiger partial charge in [0.05, 0.1) is 0 Å². The number of aromatic nitrogens is 2. The molecule has 0 fully saturated rings. The lowest BCUT2D eigenvalue weighted by atomic mass is 10.5. The molecule has 18 heavy (non-hydrogen) atoms. The third-order valence-electron chi connectivity index (χ3n) is 2.01. The van der Waals surface area contributed by atoms with Crippen molar-refractivity contribution in [2.45, 2.75) is 6.18 Å². The van der Waals surface area contributed by atoms with Crippen LogP contribution < -0.4 is 5.32 Å². The number of halogens is 5.